The van der Waals surface area contributed by atoms with Crippen LogP contribution in [0.5, 0.6) is 0 Å². The summed E-state index contributed by atoms with van der Waals surface area (Å²) in [6.45, 7) is 6.89. The number of carbonyl (C=O) groups excluding carboxylic acids is 2. The van der Waals surface area contributed by atoms with Crippen LogP contribution in [0.3, 0.4) is 0 Å². The van der Waals surface area contributed by atoms with E-state index in [9.17, 15) is 14.0 Å². The van der Waals surface area contributed by atoms with Crippen LogP contribution in [0.15, 0.2) is 18.2 Å². The number of hydrogen-bond donors (Lipinski definition) is 3. The van der Waals surface area contributed by atoms with Gasteiger partial charge in [-0.1, -0.05) is 11.6 Å². The lowest BCUT2D eigenvalue weighted by atomic mass is 10.2. The third-order valence-corrected chi connectivity index (χ3v) is 3.72. The van der Waals surface area contributed by atoms with Crippen LogP contribution in [0.2, 0.25) is 5.02 Å². The number of anilines is 1. The molecule has 5 nitrogen and oxygen atoms in total. The SMILES string of the molecule is CCNC(=O)C[NH+](CC)[C@H](C)C(=O)Nc1ccc(F)cc1Cl. The second kappa shape index (κ2) is 8.70. The maximum atomic E-state index is 13.0. The Balaban J connectivity index is 2.71. The van der Waals surface area contributed by atoms with Crippen molar-refractivity contribution in [2.45, 2.75) is 26.8 Å². The van der Waals surface area contributed by atoms with Gasteiger partial charge >= 0.3 is 0 Å². The number of benzene rings is 1. The topological polar surface area (TPSA) is 62.6 Å². The van der Waals surface area contributed by atoms with Crippen molar-refractivity contribution in [3.05, 3.63) is 29.0 Å². The summed E-state index contributed by atoms with van der Waals surface area (Å²) in [5, 5.41) is 5.52. The zero-order valence-electron chi connectivity index (χ0n) is 13.0. The van der Waals surface area contributed by atoms with Gasteiger partial charge in [-0.15, -0.1) is 0 Å². The quantitative estimate of drug-likeness (QED) is 0.694. The standard InChI is InChI=1S/C15H21ClFN3O2/c1-4-18-14(21)9-20(5-2)10(3)15(22)19-13-7-6-11(17)8-12(13)16/h6-8,10H,4-5,9H2,1-3H3,(H,18,21)(H,19,22)/p+1/t10-/m1/s1. The number of rotatable bonds is 7. The monoisotopic (exact) mass is 330 g/mol. The molecule has 0 aliphatic rings. The van der Waals surface area contributed by atoms with Gasteiger partial charge in [-0.25, -0.2) is 4.39 Å². The van der Waals surface area contributed by atoms with Crippen LogP contribution in [0, 0.1) is 5.82 Å². The fraction of sp³-hybridized carbons (Fsp3) is 0.467. The molecule has 1 aromatic carbocycles. The number of quaternary nitrogens is 1. The largest absolute Gasteiger partial charge is 0.351 e. The number of nitrogens with one attached hydrogen (secondary N) is 3. The van der Waals surface area contributed by atoms with Gasteiger partial charge in [0.1, 0.15) is 5.82 Å². The first-order valence-corrected chi connectivity index (χ1v) is 7.64. The zero-order valence-corrected chi connectivity index (χ0v) is 13.8. The lowest BCUT2D eigenvalue weighted by Gasteiger charge is -2.23. The van der Waals surface area contributed by atoms with Crippen molar-refractivity contribution in [1.82, 2.24) is 5.32 Å². The van der Waals surface area contributed by atoms with Crippen molar-refractivity contribution in [1.29, 1.82) is 0 Å². The Bertz CT molecular complexity index is 540. The molecule has 1 rings (SSSR count). The number of hydrogen-bond acceptors (Lipinski definition) is 2. The first-order valence-electron chi connectivity index (χ1n) is 7.26. The average Bonchev–Trinajstić information content (AvgIpc) is 2.47. The maximum Gasteiger partial charge on any atom is 0.282 e. The third-order valence-electron chi connectivity index (χ3n) is 3.41. The Morgan fingerprint density at radius 3 is 2.59 bits per heavy atom. The maximum absolute atomic E-state index is 13.0. The van der Waals surface area contributed by atoms with E-state index in [1.165, 1.54) is 12.1 Å². The molecule has 0 radical (unpaired) electrons. The molecule has 1 aromatic rings. The number of halogens is 2. The van der Waals surface area contributed by atoms with Crippen LogP contribution >= 0.6 is 11.6 Å². The highest BCUT2D eigenvalue weighted by Gasteiger charge is 2.26. The number of carbonyl (C=O) groups is 2. The van der Waals surface area contributed by atoms with Crippen molar-refractivity contribution in [3.63, 3.8) is 0 Å². The predicted octanol–water partition coefficient (Wildman–Crippen LogP) is 0.847. The molecule has 0 aromatic heterocycles. The fourth-order valence-corrected chi connectivity index (χ4v) is 2.28. The van der Waals surface area contributed by atoms with Gasteiger partial charge in [-0.3, -0.25) is 9.59 Å². The highest BCUT2D eigenvalue weighted by molar-refractivity contribution is 6.33. The van der Waals surface area contributed by atoms with E-state index in [4.69, 9.17) is 11.6 Å². The molecule has 22 heavy (non-hydrogen) atoms. The molecule has 7 heteroatoms. The van der Waals surface area contributed by atoms with Gasteiger partial charge in [0.2, 0.25) is 0 Å². The summed E-state index contributed by atoms with van der Waals surface area (Å²) in [5.74, 6) is -0.832. The molecular weight excluding hydrogens is 309 g/mol. The van der Waals surface area contributed by atoms with E-state index in [2.05, 4.69) is 10.6 Å². The fourth-order valence-electron chi connectivity index (χ4n) is 2.07. The van der Waals surface area contributed by atoms with Crippen LogP contribution in [0.1, 0.15) is 20.8 Å². The van der Waals surface area contributed by atoms with Gasteiger partial charge in [-0.2, -0.15) is 0 Å². The second-order valence-electron chi connectivity index (χ2n) is 4.98. The summed E-state index contributed by atoms with van der Waals surface area (Å²) >= 11 is 5.89. The van der Waals surface area contributed by atoms with Gasteiger partial charge < -0.3 is 15.5 Å². The average molecular weight is 331 g/mol. The summed E-state index contributed by atoms with van der Waals surface area (Å²) < 4.78 is 13.0. The van der Waals surface area contributed by atoms with Gasteiger partial charge in [0.05, 0.1) is 17.3 Å². The van der Waals surface area contributed by atoms with Crippen molar-refractivity contribution < 1.29 is 18.9 Å². The molecule has 0 aliphatic heterocycles. The summed E-state index contributed by atoms with van der Waals surface area (Å²) in [5.41, 5.74) is 0.355. The molecule has 0 saturated heterocycles. The Labute approximate surface area is 134 Å². The van der Waals surface area contributed by atoms with E-state index in [0.29, 0.717) is 18.8 Å². The summed E-state index contributed by atoms with van der Waals surface area (Å²) in [6.07, 6.45) is 0. The molecule has 0 fully saturated rings. The van der Waals surface area contributed by atoms with Crippen LogP contribution in [-0.4, -0.2) is 37.5 Å². The van der Waals surface area contributed by atoms with E-state index < -0.39 is 11.9 Å². The molecule has 1 unspecified atom stereocenters. The minimum atomic E-state index is -0.465. The zero-order chi connectivity index (χ0) is 16.7. The van der Waals surface area contributed by atoms with E-state index in [-0.39, 0.29) is 23.4 Å². The van der Waals surface area contributed by atoms with Crippen molar-refractivity contribution >= 4 is 29.1 Å². The first kappa shape index (κ1) is 18.4. The van der Waals surface area contributed by atoms with E-state index in [1.54, 1.807) is 6.92 Å². The molecule has 0 spiro atoms. The number of likely N-dealkylation sites (N-methyl/N-ethyl adjacent to an activating group) is 2. The second-order valence-corrected chi connectivity index (χ2v) is 5.38. The summed E-state index contributed by atoms with van der Waals surface area (Å²) in [4.78, 5) is 24.8. The predicted molar refractivity (Wildman–Crippen MR) is 84.6 cm³/mol. The molecule has 2 amide bonds. The van der Waals surface area contributed by atoms with Crippen molar-refractivity contribution in [3.8, 4) is 0 Å². The Kier molecular flexibility index (Phi) is 7.27. The minimum absolute atomic E-state index is 0.0983. The molecule has 3 N–H and O–H groups in total. The molecule has 0 heterocycles. The van der Waals surface area contributed by atoms with Gasteiger partial charge in [-0.05, 0) is 39.0 Å². The molecule has 0 bridgehead atoms. The van der Waals surface area contributed by atoms with Crippen molar-refractivity contribution in [2.75, 3.05) is 25.0 Å². The van der Waals surface area contributed by atoms with E-state index in [0.717, 1.165) is 11.0 Å². The van der Waals surface area contributed by atoms with Gasteiger partial charge in [0.25, 0.3) is 11.8 Å². The van der Waals surface area contributed by atoms with Crippen LogP contribution in [0.4, 0.5) is 10.1 Å². The van der Waals surface area contributed by atoms with Gasteiger partial charge in [0, 0.05) is 6.54 Å². The molecule has 0 saturated carbocycles. The normalized spacial score (nSPS) is 13.3. The third kappa shape index (κ3) is 5.27. The Morgan fingerprint density at radius 1 is 1.36 bits per heavy atom. The highest BCUT2D eigenvalue weighted by atomic mass is 35.5. The molecule has 122 valence electrons. The van der Waals surface area contributed by atoms with Crippen LogP contribution < -0.4 is 15.5 Å². The Morgan fingerprint density at radius 2 is 2.05 bits per heavy atom. The smallest absolute Gasteiger partial charge is 0.282 e. The van der Waals surface area contributed by atoms with E-state index >= 15 is 0 Å². The van der Waals surface area contributed by atoms with Crippen LogP contribution in [-0.2, 0) is 9.59 Å². The molecule has 0 aliphatic carbocycles. The lowest BCUT2D eigenvalue weighted by Crippen LogP contribution is -3.17. The highest BCUT2D eigenvalue weighted by Crippen LogP contribution is 2.22. The summed E-state index contributed by atoms with van der Waals surface area (Å²) in [7, 11) is 0. The molecular formula is C15H22ClFN3O2+. The first-order chi connectivity index (χ1) is 10.4. The van der Waals surface area contributed by atoms with Crippen molar-refractivity contribution in [2.24, 2.45) is 0 Å². The summed E-state index contributed by atoms with van der Waals surface area (Å²) in [6, 6.07) is 3.35. The Hall–Kier alpha value is -1.66. The number of amides is 2. The minimum Gasteiger partial charge on any atom is -0.351 e. The van der Waals surface area contributed by atoms with Crippen LogP contribution in [0.25, 0.3) is 0 Å². The molecule has 2 atom stereocenters. The lowest BCUT2D eigenvalue weighted by molar-refractivity contribution is -0.904. The van der Waals surface area contributed by atoms with Gasteiger partial charge in [0.15, 0.2) is 12.6 Å². The van der Waals surface area contributed by atoms with E-state index in [1.807, 2.05) is 13.8 Å².